The van der Waals surface area contributed by atoms with Crippen LogP contribution in [0.5, 0.6) is 0 Å². The molecule has 0 aliphatic heterocycles. The Morgan fingerprint density at radius 2 is 1.76 bits per heavy atom. The lowest BCUT2D eigenvalue weighted by molar-refractivity contribution is 0.592. The van der Waals surface area contributed by atoms with Crippen molar-refractivity contribution in [1.29, 1.82) is 0 Å². The van der Waals surface area contributed by atoms with Crippen LogP contribution in [0, 0.1) is 0 Å². The minimum absolute atomic E-state index is 0.406. The zero-order valence-corrected chi connectivity index (χ0v) is 11.8. The minimum atomic E-state index is 0.406. The van der Waals surface area contributed by atoms with Crippen molar-refractivity contribution in [1.82, 2.24) is 5.32 Å². The maximum atomic E-state index is 3.49. The number of para-hydroxylation sites is 1. The van der Waals surface area contributed by atoms with Crippen LogP contribution in [-0.2, 0) is 0 Å². The van der Waals surface area contributed by atoms with E-state index in [1.54, 1.807) is 0 Å². The van der Waals surface area contributed by atoms with Gasteiger partial charge in [-0.15, -0.1) is 0 Å². The second-order valence-electron chi connectivity index (χ2n) is 4.72. The summed E-state index contributed by atoms with van der Waals surface area (Å²) in [6.45, 7) is 13.2. The molecule has 1 rings (SSSR count). The van der Waals surface area contributed by atoms with Crippen LogP contribution in [0.4, 0.5) is 5.69 Å². The first-order chi connectivity index (χ1) is 8.11. The van der Waals surface area contributed by atoms with Gasteiger partial charge in [0.1, 0.15) is 0 Å². The Balaban J connectivity index is 3.05. The molecule has 0 heterocycles. The zero-order chi connectivity index (χ0) is 12.8. The van der Waals surface area contributed by atoms with Gasteiger partial charge in [0.2, 0.25) is 0 Å². The van der Waals surface area contributed by atoms with Crippen molar-refractivity contribution in [3.05, 3.63) is 29.8 Å². The van der Waals surface area contributed by atoms with E-state index >= 15 is 0 Å². The van der Waals surface area contributed by atoms with Crippen LogP contribution in [-0.4, -0.2) is 19.1 Å². The summed E-state index contributed by atoms with van der Waals surface area (Å²) in [6, 6.07) is 9.66. The smallest absolute Gasteiger partial charge is 0.0416 e. The molecule has 96 valence electrons. The lowest BCUT2D eigenvalue weighted by Crippen LogP contribution is -2.32. The van der Waals surface area contributed by atoms with Gasteiger partial charge in [-0.1, -0.05) is 25.1 Å². The van der Waals surface area contributed by atoms with E-state index in [9.17, 15) is 0 Å². The van der Waals surface area contributed by atoms with E-state index in [2.05, 4.69) is 69.1 Å². The van der Waals surface area contributed by atoms with Crippen LogP contribution in [0.15, 0.2) is 24.3 Å². The van der Waals surface area contributed by atoms with Gasteiger partial charge in [0.05, 0.1) is 0 Å². The lowest BCUT2D eigenvalue weighted by Gasteiger charge is -2.31. The Kier molecular flexibility index (Phi) is 5.49. The summed E-state index contributed by atoms with van der Waals surface area (Å²) in [4.78, 5) is 2.45. The van der Waals surface area contributed by atoms with Crippen molar-refractivity contribution in [3.8, 4) is 0 Å². The SMILES string of the molecule is CCNC(C)c1ccccc1N(CC)C(C)C. The average molecular weight is 234 g/mol. The summed E-state index contributed by atoms with van der Waals surface area (Å²) < 4.78 is 0. The van der Waals surface area contributed by atoms with E-state index in [0.717, 1.165) is 13.1 Å². The molecule has 2 nitrogen and oxygen atoms in total. The minimum Gasteiger partial charge on any atom is -0.369 e. The maximum absolute atomic E-state index is 3.49. The van der Waals surface area contributed by atoms with E-state index in [0.29, 0.717) is 12.1 Å². The molecule has 0 aromatic heterocycles. The van der Waals surface area contributed by atoms with Gasteiger partial charge in [-0.2, -0.15) is 0 Å². The largest absolute Gasteiger partial charge is 0.369 e. The van der Waals surface area contributed by atoms with E-state index in [1.165, 1.54) is 11.3 Å². The summed E-state index contributed by atoms with van der Waals surface area (Å²) in [6.07, 6.45) is 0. The highest BCUT2D eigenvalue weighted by molar-refractivity contribution is 5.55. The highest BCUT2D eigenvalue weighted by Gasteiger charge is 2.15. The fourth-order valence-corrected chi connectivity index (χ4v) is 2.35. The number of nitrogens with one attached hydrogen (secondary N) is 1. The normalized spacial score (nSPS) is 12.8. The fraction of sp³-hybridized carbons (Fsp3) is 0.600. The highest BCUT2D eigenvalue weighted by Crippen LogP contribution is 2.27. The molecule has 0 radical (unpaired) electrons. The first-order valence-corrected chi connectivity index (χ1v) is 6.70. The van der Waals surface area contributed by atoms with Crippen LogP contribution in [0.2, 0.25) is 0 Å². The molecule has 0 saturated carbocycles. The number of hydrogen-bond donors (Lipinski definition) is 1. The van der Waals surface area contributed by atoms with E-state index < -0.39 is 0 Å². The summed E-state index contributed by atoms with van der Waals surface area (Å²) in [5.74, 6) is 0. The predicted octanol–water partition coefficient (Wildman–Crippen LogP) is 3.59. The Morgan fingerprint density at radius 3 is 2.29 bits per heavy atom. The topological polar surface area (TPSA) is 15.3 Å². The van der Waals surface area contributed by atoms with Gasteiger partial charge in [-0.25, -0.2) is 0 Å². The molecule has 1 atom stereocenters. The Morgan fingerprint density at radius 1 is 1.12 bits per heavy atom. The highest BCUT2D eigenvalue weighted by atomic mass is 15.1. The van der Waals surface area contributed by atoms with Gasteiger partial charge in [-0.05, 0) is 45.9 Å². The molecule has 2 heteroatoms. The van der Waals surface area contributed by atoms with Crippen LogP contribution in [0.25, 0.3) is 0 Å². The first kappa shape index (κ1) is 14.0. The number of hydrogen-bond acceptors (Lipinski definition) is 2. The van der Waals surface area contributed by atoms with E-state index in [-0.39, 0.29) is 0 Å². The molecule has 1 aromatic rings. The average Bonchev–Trinajstić information content (AvgIpc) is 2.30. The van der Waals surface area contributed by atoms with Gasteiger partial charge >= 0.3 is 0 Å². The molecule has 0 spiro atoms. The second-order valence-corrected chi connectivity index (χ2v) is 4.72. The fourth-order valence-electron chi connectivity index (χ4n) is 2.35. The summed E-state index contributed by atoms with van der Waals surface area (Å²) >= 11 is 0. The van der Waals surface area contributed by atoms with Gasteiger partial charge < -0.3 is 10.2 Å². The molecule has 1 aromatic carbocycles. The summed E-state index contributed by atoms with van der Waals surface area (Å²) in [7, 11) is 0. The third-order valence-corrected chi connectivity index (χ3v) is 3.19. The molecule has 0 amide bonds. The summed E-state index contributed by atoms with van der Waals surface area (Å²) in [5.41, 5.74) is 2.75. The Hall–Kier alpha value is -1.02. The Labute approximate surface area is 106 Å². The molecule has 0 saturated heterocycles. The number of rotatable bonds is 6. The van der Waals surface area contributed by atoms with Crippen LogP contribution < -0.4 is 10.2 Å². The van der Waals surface area contributed by atoms with Crippen LogP contribution >= 0.6 is 0 Å². The van der Waals surface area contributed by atoms with Crippen molar-refractivity contribution in [3.63, 3.8) is 0 Å². The standard InChI is InChI=1S/C15H26N2/c1-6-16-13(5)14-10-8-9-11-15(14)17(7-2)12(3)4/h8-13,16H,6-7H2,1-5H3. The van der Waals surface area contributed by atoms with Crippen LogP contribution in [0.3, 0.4) is 0 Å². The second kappa shape index (κ2) is 6.65. The van der Waals surface area contributed by atoms with Gasteiger partial charge in [0.25, 0.3) is 0 Å². The molecule has 17 heavy (non-hydrogen) atoms. The number of benzene rings is 1. The quantitative estimate of drug-likeness (QED) is 0.809. The molecule has 0 bridgehead atoms. The zero-order valence-electron chi connectivity index (χ0n) is 11.8. The third-order valence-electron chi connectivity index (χ3n) is 3.19. The van der Waals surface area contributed by atoms with Gasteiger partial charge in [-0.3, -0.25) is 0 Å². The van der Waals surface area contributed by atoms with E-state index in [4.69, 9.17) is 0 Å². The Bertz CT molecular complexity index is 333. The van der Waals surface area contributed by atoms with Crippen molar-refractivity contribution in [2.24, 2.45) is 0 Å². The monoisotopic (exact) mass is 234 g/mol. The maximum Gasteiger partial charge on any atom is 0.0416 e. The third kappa shape index (κ3) is 3.47. The van der Waals surface area contributed by atoms with Crippen molar-refractivity contribution in [2.75, 3.05) is 18.0 Å². The van der Waals surface area contributed by atoms with Crippen LogP contribution in [0.1, 0.15) is 46.2 Å². The molecule has 0 aliphatic rings. The lowest BCUT2D eigenvalue weighted by atomic mass is 10.0. The number of nitrogens with zero attached hydrogens (tertiary/aromatic N) is 1. The predicted molar refractivity (Wildman–Crippen MR) is 76.7 cm³/mol. The summed E-state index contributed by atoms with van der Waals surface area (Å²) in [5, 5.41) is 3.49. The van der Waals surface area contributed by atoms with Crippen molar-refractivity contribution < 1.29 is 0 Å². The van der Waals surface area contributed by atoms with Crippen molar-refractivity contribution in [2.45, 2.75) is 46.7 Å². The molecule has 1 N–H and O–H groups in total. The molecule has 0 fully saturated rings. The van der Waals surface area contributed by atoms with Gasteiger partial charge in [0.15, 0.2) is 0 Å². The molecule has 0 aliphatic carbocycles. The number of anilines is 1. The first-order valence-electron chi connectivity index (χ1n) is 6.70. The molecule has 1 unspecified atom stereocenters. The van der Waals surface area contributed by atoms with E-state index in [1.807, 2.05) is 0 Å². The molecular formula is C15H26N2. The van der Waals surface area contributed by atoms with Gasteiger partial charge in [0, 0.05) is 24.3 Å². The van der Waals surface area contributed by atoms with Crippen molar-refractivity contribution >= 4 is 5.69 Å². The molecular weight excluding hydrogens is 208 g/mol.